The highest BCUT2D eigenvalue weighted by Crippen LogP contribution is 2.39. The molecule has 6 rings (SSSR count). The van der Waals surface area contributed by atoms with E-state index < -0.39 is 23.3 Å². The van der Waals surface area contributed by atoms with Gasteiger partial charge in [-0.3, -0.25) is 9.28 Å². The number of hydrogen-bond donors (Lipinski definition) is 3. The van der Waals surface area contributed by atoms with Gasteiger partial charge in [0.25, 0.3) is 0 Å². The number of likely N-dealkylation sites (tertiary alicyclic amines) is 2. The van der Waals surface area contributed by atoms with Crippen molar-refractivity contribution in [2.24, 2.45) is 5.92 Å². The number of carbonyl (C=O) groups is 3. The van der Waals surface area contributed by atoms with E-state index in [0.29, 0.717) is 55.6 Å². The first kappa shape index (κ1) is 35.7. The van der Waals surface area contributed by atoms with Crippen molar-refractivity contribution in [3.8, 4) is 0 Å². The minimum Gasteiger partial charge on any atom is -0.397 e. The molecule has 49 heavy (non-hydrogen) atoms. The molecule has 13 heteroatoms. The van der Waals surface area contributed by atoms with E-state index in [2.05, 4.69) is 26.6 Å². The summed E-state index contributed by atoms with van der Waals surface area (Å²) in [6, 6.07) is 10.3. The van der Waals surface area contributed by atoms with Crippen LogP contribution in [0.5, 0.6) is 0 Å². The number of anilines is 2. The molecule has 1 atom stereocenters. The number of urea groups is 1. The van der Waals surface area contributed by atoms with Gasteiger partial charge in [-0.2, -0.15) is 13.2 Å². The first-order valence-corrected chi connectivity index (χ1v) is 18.5. The molecule has 4 heterocycles. The first-order valence-electron chi connectivity index (χ1n) is 17.7. The highest BCUT2D eigenvalue weighted by Gasteiger charge is 2.49. The van der Waals surface area contributed by atoms with Crippen LogP contribution in [0, 0.1) is 5.92 Å². The number of carbonyl (C=O) groups excluding carboxylic acids is 3. The molecular formula is C36H47BrF3N6O3+. The van der Waals surface area contributed by atoms with Crippen LogP contribution in [0.3, 0.4) is 0 Å². The molecule has 0 saturated carbocycles. The second-order valence-corrected chi connectivity index (χ2v) is 15.0. The zero-order chi connectivity index (χ0) is 34.8. The molecule has 4 amide bonds. The molecule has 3 saturated heterocycles. The SMILES string of the molecule is Nc1c(Br)cc(C[C@@H](CC(=O)N2CCC(N3CCc4ccccc4NC3=O)CC2)C(=O)[N+]2(C3CCNCC3)CCCCC2)cc1C(F)(F)F. The van der Waals surface area contributed by atoms with Gasteiger partial charge in [-0.1, -0.05) is 18.2 Å². The molecule has 0 radical (unpaired) electrons. The Balaban J connectivity index is 1.20. The summed E-state index contributed by atoms with van der Waals surface area (Å²) >= 11 is 3.21. The van der Waals surface area contributed by atoms with Crippen molar-refractivity contribution in [1.82, 2.24) is 15.1 Å². The average Bonchev–Trinajstić information content (AvgIpc) is 3.27. The number of halogens is 4. The molecule has 0 aliphatic carbocycles. The molecule has 4 N–H and O–H groups in total. The van der Waals surface area contributed by atoms with Crippen LogP contribution in [0.2, 0.25) is 0 Å². The summed E-state index contributed by atoms with van der Waals surface area (Å²) < 4.78 is 42.3. The van der Waals surface area contributed by atoms with Crippen LogP contribution in [0.15, 0.2) is 40.9 Å². The number of amides is 4. The third kappa shape index (κ3) is 7.78. The number of nitrogen functional groups attached to an aromatic ring is 1. The molecule has 4 aliphatic rings. The van der Waals surface area contributed by atoms with Gasteiger partial charge in [0.1, 0.15) is 0 Å². The maximum atomic E-state index is 14.9. The monoisotopic (exact) mass is 747 g/mol. The highest BCUT2D eigenvalue weighted by atomic mass is 79.9. The normalized spacial score (nSPS) is 21.4. The zero-order valence-electron chi connectivity index (χ0n) is 27.9. The lowest BCUT2D eigenvalue weighted by Crippen LogP contribution is -2.65. The Morgan fingerprint density at radius 1 is 1.00 bits per heavy atom. The van der Waals surface area contributed by atoms with Gasteiger partial charge in [-0.05, 0) is 90.2 Å². The molecule has 2 aromatic carbocycles. The molecular weight excluding hydrogens is 701 g/mol. The van der Waals surface area contributed by atoms with Crippen molar-refractivity contribution in [2.75, 3.05) is 56.9 Å². The second-order valence-electron chi connectivity index (χ2n) is 14.1. The van der Waals surface area contributed by atoms with E-state index in [9.17, 15) is 27.6 Å². The molecule has 266 valence electrons. The fourth-order valence-electron chi connectivity index (χ4n) is 8.57. The number of fused-ring (bicyclic) bond motifs is 1. The van der Waals surface area contributed by atoms with Crippen LogP contribution in [-0.2, 0) is 28.6 Å². The molecule has 0 spiro atoms. The summed E-state index contributed by atoms with van der Waals surface area (Å²) in [6.45, 7) is 4.50. The summed E-state index contributed by atoms with van der Waals surface area (Å²) in [5.41, 5.74) is 6.72. The van der Waals surface area contributed by atoms with Gasteiger partial charge in [-0.25, -0.2) is 9.59 Å². The number of benzene rings is 2. The second kappa shape index (κ2) is 15.0. The van der Waals surface area contributed by atoms with Crippen LogP contribution >= 0.6 is 15.9 Å². The van der Waals surface area contributed by atoms with Crippen molar-refractivity contribution in [1.29, 1.82) is 0 Å². The van der Waals surface area contributed by atoms with Crippen LogP contribution in [0.1, 0.15) is 68.1 Å². The first-order chi connectivity index (χ1) is 23.5. The molecule has 3 fully saturated rings. The van der Waals surface area contributed by atoms with Crippen molar-refractivity contribution in [2.45, 2.75) is 82.5 Å². The number of para-hydroxylation sites is 1. The predicted octanol–water partition coefficient (Wildman–Crippen LogP) is 5.96. The van der Waals surface area contributed by atoms with Crippen molar-refractivity contribution in [3.05, 3.63) is 57.6 Å². The van der Waals surface area contributed by atoms with Crippen molar-refractivity contribution in [3.63, 3.8) is 0 Å². The zero-order valence-corrected chi connectivity index (χ0v) is 29.5. The maximum Gasteiger partial charge on any atom is 0.418 e. The summed E-state index contributed by atoms with van der Waals surface area (Å²) in [5, 5.41) is 6.42. The number of alkyl halides is 3. The summed E-state index contributed by atoms with van der Waals surface area (Å²) in [4.78, 5) is 45.7. The lowest BCUT2D eigenvalue weighted by molar-refractivity contribution is -0.887. The third-order valence-electron chi connectivity index (χ3n) is 11.2. The van der Waals surface area contributed by atoms with Crippen molar-refractivity contribution < 1.29 is 32.0 Å². The number of nitrogens with two attached hydrogens (primary N) is 1. The van der Waals surface area contributed by atoms with E-state index in [-0.39, 0.29) is 47.2 Å². The smallest absolute Gasteiger partial charge is 0.397 e. The van der Waals surface area contributed by atoms with Gasteiger partial charge >= 0.3 is 18.1 Å². The fourth-order valence-corrected chi connectivity index (χ4v) is 9.08. The van der Waals surface area contributed by atoms with Gasteiger partial charge in [0.15, 0.2) is 0 Å². The van der Waals surface area contributed by atoms with Gasteiger partial charge in [0.2, 0.25) is 5.91 Å². The lowest BCUT2D eigenvalue weighted by Gasteiger charge is -2.48. The number of hydrogen-bond acceptors (Lipinski definition) is 5. The number of piperidine rings is 3. The highest BCUT2D eigenvalue weighted by molar-refractivity contribution is 9.10. The summed E-state index contributed by atoms with van der Waals surface area (Å²) in [5.74, 6) is -0.989. The minimum absolute atomic E-state index is 0.0163. The minimum atomic E-state index is -4.66. The largest absolute Gasteiger partial charge is 0.418 e. The predicted molar refractivity (Wildman–Crippen MR) is 186 cm³/mol. The maximum absolute atomic E-state index is 14.9. The summed E-state index contributed by atoms with van der Waals surface area (Å²) in [6.07, 6.45) is 1.80. The van der Waals surface area contributed by atoms with Crippen molar-refractivity contribution >= 4 is 45.2 Å². The Morgan fingerprint density at radius 2 is 1.69 bits per heavy atom. The van der Waals surface area contributed by atoms with Crippen LogP contribution in [0.4, 0.5) is 29.3 Å². The van der Waals surface area contributed by atoms with E-state index in [4.69, 9.17) is 5.73 Å². The molecule has 0 aromatic heterocycles. The lowest BCUT2D eigenvalue weighted by atomic mass is 9.87. The van der Waals surface area contributed by atoms with Crippen LogP contribution in [0.25, 0.3) is 0 Å². The number of rotatable bonds is 7. The molecule has 9 nitrogen and oxygen atoms in total. The van der Waals surface area contributed by atoms with Gasteiger partial charge < -0.3 is 26.2 Å². The molecule has 2 aromatic rings. The average molecular weight is 749 g/mol. The Labute approximate surface area is 294 Å². The number of nitrogens with one attached hydrogen (secondary N) is 2. The standard InChI is InChI=1S/C36H46BrF3N6O3/c37-30-22-24(21-29(33(30)41)36(38,39)40)20-26(34(48)46(18-4-1-5-19-46)28-8-13-42-14-9-28)23-32(47)44-15-11-27(12-16-44)45-17-10-25-6-2-3-7-31(25)43-35(45)49/h2-3,6-7,21-22,26-28,42H,1,4-5,8-20,23,41H2/p+1/t26-/m0/s1. The quantitative estimate of drug-likeness (QED) is 0.240. The van der Waals surface area contributed by atoms with Gasteiger partial charge in [0.05, 0.1) is 36.3 Å². The molecule has 4 aliphatic heterocycles. The Kier molecular flexibility index (Phi) is 10.9. The van der Waals surface area contributed by atoms with E-state index >= 15 is 0 Å². The van der Waals surface area contributed by atoms with E-state index in [1.165, 1.54) is 0 Å². The topological polar surface area (TPSA) is 108 Å². The van der Waals surface area contributed by atoms with Crippen LogP contribution < -0.4 is 16.4 Å². The third-order valence-corrected chi connectivity index (χ3v) is 11.9. The van der Waals surface area contributed by atoms with E-state index in [1.54, 1.807) is 11.0 Å². The van der Waals surface area contributed by atoms with Gasteiger partial charge in [-0.15, -0.1) is 0 Å². The van der Waals surface area contributed by atoms with Gasteiger partial charge in [0, 0.05) is 68.2 Å². The Hall–Kier alpha value is -3.16. The Morgan fingerprint density at radius 3 is 2.39 bits per heavy atom. The van der Waals surface area contributed by atoms with Crippen LogP contribution in [-0.4, -0.2) is 90.0 Å². The molecule has 0 bridgehead atoms. The Bertz CT molecular complexity index is 1530. The molecule has 0 unspecified atom stereocenters. The summed E-state index contributed by atoms with van der Waals surface area (Å²) in [7, 11) is 0. The number of quaternary nitrogens is 1. The van der Waals surface area contributed by atoms with E-state index in [1.807, 2.05) is 29.2 Å². The van der Waals surface area contributed by atoms with E-state index in [0.717, 1.165) is 68.9 Å². The fraction of sp³-hybridized carbons (Fsp3) is 0.583. The number of nitrogens with zero attached hydrogens (tertiary/aromatic N) is 3.